The van der Waals surface area contributed by atoms with Crippen LogP contribution in [-0.2, 0) is 6.54 Å². The number of hydrogen-bond acceptors (Lipinski definition) is 2. The first-order chi connectivity index (χ1) is 10.6. The molecule has 3 aromatic rings. The fourth-order valence-corrected chi connectivity index (χ4v) is 2.81. The summed E-state index contributed by atoms with van der Waals surface area (Å²) in [6, 6.07) is 15.4. The van der Waals surface area contributed by atoms with E-state index in [1.165, 1.54) is 0 Å². The van der Waals surface area contributed by atoms with Gasteiger partial charge in [-0.05, 0) is 30.7 Å². The second kappa shape index (κ2) is 5.85. The maximum atomic E-state index is 12.6. The van der Waals surface area contributed by atoms with Crippen LogP contribution < -0.4 is 10.3 Å². The third-order valence-electron chi connectivity index (χ3n) is 3.83. The van der Waals surface area contributed by atoms with Gasteiger partial charge in [0.2, 0.25) is 0 Å². The van der Waals surface area contributed by atoms with Gasteiger partial charge in [0.05, 0.1) is 24.2 Å². The lowest BCUT2D eigenvalue weighted by atomic mass is 10.1. The normalized spacial score (nSPS) is 10.9. The van der Waals surface area contributed by atoms with Gasteiger partial charge in [0.25, 0.3) is 5.56 Å². The van der Waals surface area contributed by atoms with Crippen molar-refractivity contribution in [3.63, 3.8) is 0 Å². The fraction of sp³-hybridized carbons (Fsp3) is 0.167. The number of halogens is 1. The molecule has 2 aromatic carbocycles. The Morgan fingerprint density at radius 3 is 2.45 bits per heavy atom. The Labute approximate surface area is 133 Å². The van der Waals surface area contributed by atoms with Crippen LogP contribution >= 0.6 is 11.6 Å². The SMILES string of the molecule is COc1ccc(Cn2c(=O)c(C)c(Cl)c3ccccc32)cc1. The molecule has 0 saturated heterocycles. The number of hydrogen-bond donors (Lipinski definition) is 0. The largest absolute Gasteiger partial charge is 0.497 e. The van der Waals surface area contributed by atoms with Crippen molar-refractivity contribution in [3.05, 3.63) is 75.0 Å². The van der Waals surface area contributed by atoms with Gasteiger partial charge in [-0.2, -0.15) is 0 Å². The molecular weight excluding hydrogens is 298 g/mol. The van der Waals surface area contributed by atoms with E-state index in [9.17, 15) is 4.79 Å². The zero-order chi connectivity index (χ0) is 15.7. The van der Waals surface area contributed by atoms with Crippen LogP contribution in [0.25, 0.3) is 10.9 Å². The van der Waals surface area contributed by atoms with E-state index in [0.717, 1.165) is 22.2 Å². The van der Waals surface area contributed by atoms with Crippen LogP contribution in [0.1, 0.15) is 11.1 Å². The molecule has 0 atom stereocenters. The molecule has 1 aromatic heterocycles. The lowest BCUT2D eigenvalue weighted by Crippen LogP contribution is -2.23. The Bertz CT molecular complexity index is 882. The Morgan fingerprint density at radius 1 is 1.09 bits per heavy atom. The molecular formula is C18H16ClNO2. The topological polar surface area (TPSA) is 31.2 Å². The summed E-state index contributed by atoms with van der Waals surface area (Å²) in [6.45, 7) is 2.27. The first kappa shape index (κ1) is 14.7. The lowest BCUT2D eigenvalue weighted by Gasteiger charge is -2.13. The quantitative estimate of drug-likeness (QED) is 0.731. The van der Waals surface area contributed by atoms with Gasteiger partial charge in [0.1, 0.15) is 5.75 Å². The van der Waals surface area contributed by atoms with Crippen LogP contribution in [0.4, 0.5) is 0 Å². The fourth-order valence-electron chi connectivity index (χ4n) is 2.57. The van der Waals surface area contributed by atoms with E-state index in [2.05, 4.69) is 0 Å². The maximum Gasteiger partial charge on any atom is 0.255 e. The third kappa shape index (κ3) is 2.48. The molecule has 0 radical (unpaired) electrons. The molecule has 0 amide bonds. The van der Waals surface area contributed by atoms with Gasteiger partial charge in [0.15, 0.2) is 0 Å². The van der Waals surface area contributed by atoms with Crippen LogP contribution in [0.15, 0.2) is 53.3 Å². The first-order valence-corrected chi connectivity index (χ1v) is 7.40. The Balaban J connectivity index is 2.15. The van der Waals surface area contributed by atoms with Crippen LogP contribution in [0.5, 0.6) is 5.75 Å². The Hall–Kier alpha value is -2.26. The van der Waals surface area contributed by atoms with Crippen LogP contribution in [0.3, 0.4) is 0 Å². The highest BCUT2D eigenvalue weighted by Gasteiger charge is 2.12. The molecule has 112 valence electrons. The van der Waals surface area contributed by atoms with Crippen molar-refractivity contribution in [1.82, 2.24) is 4.57 Å². The summed E-state index contributed by atoms with van der Waals surface area (Å²) in [7, 11) is 1.63. The molecule has 0 fully saturated rings. The maximum absolute atomic E-state index is 12.6. The van der Waals surface area contributed by atoms with Crippen molar-refractivity contribution in [2.24, 2.45) is 0 Å². The van der Waals surface area contributed by atoms with Crippen molar-refractivity contribution >= 4 is 22.5 Å². The zero-order valence-electron chi connectivity index (χ0n) is 12.5. The van der Waals surface area contributed by atoms with E-state index in [4.69, 9.17) is 16.3 Å². The molecule has 0 bridgehead atoms. The number of aromatic nitrogens is 1. The average molecular weight is 314 g/mol. The number of nitrogens with zero attached hydrogens (tertiary/aromatic N) is 1. The molecule has 0 aliphatic heterocycles. The van der Waals surface area contributed by atoms with Gasteiger partial charge in [-0.25, -0.2) is 0 Å². The molecule has 0 spiro atoms. The number of para-hydroxylation sites is 1. The number of benzene rings is 2. The molecule has 3 rings (SSSR count). The van der Waals surface area contributed by atoms with Crippen molar-refractivity contribution in [2.75, 3.05) is 7.11 Å². The molecule has 0 aliphatic rings. The highest BCUT2D eigenvalue weighted by molar-refractivity contribution is 6.36. The van der Waals surface area contributed by atoms with Gasteiger partial charge in [-0.3, -0.25) is 4.79 Å². The lowest BCUT2D eigenvalue weighted by molar-refractivity contribution is 0.414. The minimum Gasteiger partial charge on any atom is -0.497 e. The molecule has 0 unspecified atom stereocenters. The molecule has 4 heteroatoms. The molecule has 0 N–H and O–H groups in total. The van der Waals surface area contributed by atoms with Gasteiger partial charge < -0.3 is 9.30 Å². The van der Waals surface area contributed by atoms with Gasteiger partial charge in [0, 0.05) is 10.9 Å². The summed E-state index contributed by atoms with van der Waals surface area (Å²) in [5, 5.41) is 1.43. The zero-order valence-corrected chi connectivity index (χ0v) is 13.2. The van der Waals surface area contributed by atoms with Crippen molar-refractivity contribution in [2.45, 2.75) is 13.5 Å². The van der Waals surface area contributed by atoms with Crippen LogP contribution in [-0.4, -0.2) is 11.7 Å². The summed E-state index contributed by atoms with van der Waals surface area (Å²) in [6.07, 6.45) is 0. The van der Waals surface area contributed by atoms with Gasteiger partial charge in [-0.1, -0.05) is 41.9 Å². The van der Waals surface area contributed by atoms with Crippen molar-refractivity contribution in [3.8, 4) is 5.75 Å². The third-order valence-corrected chi connectivity index (χ3v) is 4.31. The second-order valence-electron chi connectivity index (χ2n) is 5.20. The van der Waals surface area contributed by atoms with Gasteiger partial charge >= 0.3 is 0 Å². The van der Waals surface area contributed by atoms with E-state index in [0.29, 0.717) is 17.1 Å². The highest BCUT2D eigenvalue weighted by Crippen LogP contribution is 2.25. The van der Waals surface area contributed by atoms with E-state index in [1.54, 1.807) is 18.6 Å². The summed E-state index contributed by atoms with van der Waals surface area (Å²) < 4.78 is 6.92. The van der Waals surface area contributed by atoms with E-state index >= 15 is 0 Å². The van der Waals surface area contributed by atoms with E-state index in [1.807, 2.05) is 48.5 Å². The monoisotopic (exact) mass is 313 g/mol. The minimum absolute atomic E-state index is 0.0560. The first-order valence-electron chi connectivity index (χ1n) is 7.02. The number of fused-ring (bicyclic) bond motifs is 1. The molecule has 0 aliphatic carbocycles. The minimum atomic E-state index is -0.0560. The average Bonchev–Trinajstić information content (AvgIpc) is 2.57. The highest BCUT2D eigenvalue weighted by atomic mass is 35.5. The van der Waals surface area contributed by atoms with E-state index < -0.39 is 0 Å². The summed E-state index contributed by atoms with van der Waals surface area (Å²) >= 11 is 6.32. The molecule has 0 saturated carbocycles. The van der Waals surface area contributed by atoms with Gasteiger partial charge in [-0.15, -0.1) is 0 Å². The second-order valence-corrected chi connectivity index (χ2v) is 5.57. The number of pyridine rings is 1. The van der Waals surface area contributed by atoms with Crippen molar-refractivity contribution in [1.29, 1.82) is 0 Å². The smallest absolute Gasteiger partial charge is 0.255 e. The standard InChI is InChI=1S/C18H16ClNO2/c1-12-17(19)15-5-3-4-6-16(15)20(18(12)21)11-13-7-9-14(22-2)10-8-13/h3-10H,11H2,1-2H3. The predicted octanol–water partition coefficient (Wildman–Crippen LogP) is 4.02. The number of methoxy groups -OCH3 is 1. The van der Waals surface area contributed by atoms with Crippen LogP contribution in [0, 0.1) is 6.92 Å². The Morgan fingerprint density at radius 2 is 1.77 bits per heavy atom. The van der Waals surface area contributed by atoms with Crippen LogP contribution in [0.2, 0.25) is 5.02 Å². The Kier molecular flexibility index (Phi) is 3.90. The molecule has 22 heavy (non-hydrogen) atoms. The van der Waals surface area contributed by atoms with Crippen molar-refractivity contribution < 1.29 is 4.74 Å². The molecule has 3 nitrogen and oxygen atoms in total. The predicted molar refractivity (Wildman–Crippen MR) is 90.1 cm³/mol. The summed E-state index contributed by atoms with van der Waals surface area (Å²) in [5.41, 5.74) is 2.40. The summed E-state index contributed by atoms with van der Waals surface area (Å²) in [4.78, 5) is 12.6. The number of rotatable bonds is 3. The van der Waals surface area contributed by atoms with E-state index in [-0.39, 0.29) is 5.56 Å². The molecule has 1 heterocycles. The summed E-state index contributed by atoms with van der Waals surface area (Å²) in [5.74, 6) is 0.799. The number of ether oxygens (including phenoxy) is 1.